The Hall–Kier alpha value is -2.35. The van der Waals surface area contributed by atoms with Crippen molar-refractivity contribution in [2.45, 2.75) is 0 Å². The summed E-state index contributed by atoms with van der Waals surface area (Å²) in [6.45, 7) is 0. The molecule has 2 aromatic rings. The Bertz CT molecular complexity index is 744. The van der Waals surface area contributed by atoms with E-state index in [1.54, 1.807) is 31.4 Å². The van der Waals surface area contributed by atoms with Gasteiger partial charge in [-0.2, -0.15) is 0 Å². The van der Waals surface area contributed by atoms with Gasteiger partial charge in [-0.1, -0.05) is 30.3 Å². The van der Waals surface area contributed by atoms with E-state index in [9.17, 15) is 9.59 Å². The molecule has 23 heavy (non-hydrogen) atoms. The first-order valence-electron chi connectivity index (χ1n) is 6.77. The standard InChI is InChI=1S/C17H15IN2O3/c1-23-15-9-5-2-6-12(15)10-11-16(21)19-20-17(22)13-7-3-4-8-14(13)18/h2-11H,1H3,(H,19,21)(H,20,22). The zero-order valence-electron chi connectivity index (χ0n) is 12.4. The zero-order chi connectivity index (χ0) is 16.7. The van der Waals surface area contributed by atoms with Crippen LogP contribution in [-0.4, -0.2) is 18.9 Å². The molecule has 0 aliphatic carbocycles. The number of benzene rings is 2. The fraction of sp³-hybridized carbons (Fsp3) is 0.0588. The lowest BCUT2D eigenvalue weighted by atomic mass is 10.2. The average molecular weight is 422 g/mol. The Morgan fingerprint density at radius 2 is 1.74 bits per heavy atom. The van der Waals surface area contributed by atoms with Crippen molar-refractivity contribution in [1.29, 1.82) is 0 Å². The summed E-state index contributed by atoms with van der Waals surface area (Å²) in [5, 5.41) is 0. The van der Waals surface area contributed by atoms with Crippen LogP contribution in [-0.2, 0) is 4.79 Å². The molecule has 0 fully saturated rings. The van der Waals surface area contributed by atoms with Crippen molar-refractivity contribution in [2.75, 3.05) is 7.11 Å². The first-order chi connectivity index (χ1) is 11.1. The smallest absolute Gasteiger partial charge is 0.270 e. The normalized spacial score (nSPS) is 10.3. The van der Waals surface area contributed by atoms with Crippen LogP contribution in [0.25, 0.3) is 6.08 Å². The third-order valence-corrected chi connectivity index (χ3v) is 3.91. The Kier molecular flexibility index (Phi) is 6.16. The lowest BCUT2D eigenvalue weighted by Crippen LogP contribution is -2.41. The van der Waals surface area contributed by atoms with E-state index in [0.717, 1.165) is 9.13 Å². The number of hydrogen-bond donors (Lipinski definition) is 2. The predicted octanol–water partition coefficient (Wildman–Crippen LogP) is 2.77. The summed E-state index contributed by atoms with van der Waals surface area (Å²) in [4.78, 5) is 23.8. The van der Waals surface area contributed by atoms with E-state index in [4.69, 9.17) is 4.74 Å². The lowest BCUT2D eigenvalue weighted by molar-refractivity contribution is -0.117. The van der Waals surface area contributed by atoms with E-state index < -0.39 is 5.91 Å². The summed E-state index contributed by atoms with van der Waals surface area (Å²) in [5.74, 6) is -0.135. The molecule has 0 heterocycles. The molecular weight excluding hydrogens is 407 g/mol. The van der Waals surface area contributed by atoms with Crippen LogP contribution in [0.2, 0.25) is 0 Å². The molecule has 2 rings (SSSR count). The number of methoxy groups -OCH3 is 1. The van der Waals surface area contributed by atoms with Crippen molar-refractivity contribution >= 4 is 40.5 Å². The van der Waals surface area contributed by atoms with Gasteiger partial charge in [0.15, 0.2) is 0 Å². The maximum absolute atomic E-state index is 12.0. The molecule has 0 aliphatic rings. The summed E-state index contributed by atoms with van der Waals surface area (Å²) < 4.78 is 6.00. The van der Waals surface area contributed by atoms with Crippen LogP contribution in [0.3, 0.4) is 0 Å². The SMILES string of the molecule is COc1ccccc1C=CC(=O)NNC(=O)c1ccccc1I. The molecule has 2 aromatic carbocycles. The second kappa shape index (κ2) is 8.33. The minimum Gasteiger partial charge on any atom is -0.496 e. The largest absolute Gasteiger partial charge is 0.496 e. The highest BCUT2D eigenvalue weighted by Crippen LogP contribution is 2.18. The van der Waals surface area contributed by atoms with E-state index in [0.29, 0.717) is 11.3 Å². The van der Waals surface area contributed by atoms with Gasteiger partial charge < -0.3 is 4.74 Å². The van der Waals surface area contributed by atoms with Gasteiger partial charge in [0.2, 0.25) is 0 Å². The molecule has 0 bridgehead atoms. The Morgan fingerprint density at radius 3 is 2.48 bits per heavy atom. The van der Waals surface area contributed by atoms with Crippen LogP contribution >= 0.6 is 22.6 Å². The molecule has 0 saturated heterocycles. The van der Waals surface area contributed by atoms with E-state index in [-0.39, 0.29) is 5.91 Å². The van der Waals surface area contributed by atoms with Crippen LogP contribution in [0.15, 0.2) is 54.6 Å². The number of nitrogens with one attached hydrogen (secondary N) is 2. The van der Waals surface area contributed by atoms with E-state index >= 15 is 0 Å². The van der Waals surface area contributed by atoms with Gasteiger partial charge in [-0.3, -0.25) is 20.4 Å². The minimum atomic E-state index is -0.435. The summed E-state index contributed by atoms with van der Waals surface area (Å²) in [7, 11) is 1.56. The number of carbonyl (C=O) groups excluding carboxylic acids is 2. The molecule has 2 amide bonds. The molecular formula is C17H15IN2O3. The topological polar surface area (TPSA) is 67.4 Å². The van der Waals surface area contributed by atoms with Gasteiger partial charge in [0.1, 0.15) is 5.75 Å². The first kappa shape index (κ1) is 17.0. The lowest BCUT2D eigenvalue weighted by Gasteiger charge is -2.07. The van der Waals surface area contributed by atoms with Crippen molar-refractivity contribution in [1.82, 2.24) is 10.9 Å². The molecule has 0 aliphatic heterocycles. The van der Waals surface area contributed by atoms with Crippen molar-refractivity contribution in [3.8, 4) is 5.75 Å². The summed E-state index contributed by atoms with van der Waals surface area (Å²) >= 11 is 2.06. The molecule has 0 radical (unpaired) electrons. The predicted molar refractivity (Wildman–Crippen MR) is 96.8 cm³/mol. The van der Waals surface area contributed by atoms with Crippen molar-refractivity contribution in [3.63, 3.8) is 0 Å². The van der Waals surface area contributed by atoms with Gasteiger partial charge in [0.25, 0.3) is 11.8 Å². The molecule has 0 saturated carbocycles. The number of halogens is 1. The maximum Gasteiger partial charge on any atom is 0.270 e. The first-order valence-corrected chi connectivity index (χ1v) is 7.85. The van der Waals surface area contributed by atoms with Crippen molar-refractivity contribution < 1.29 is 14.3 Å². The highest BCUT2D eigenvalue weighted by atomic mass is 127. The van der Waals surface area contributed by atoms with Crippen molar-refractivity contribution in [3.05, 3.63) is 69.3 Å². The fourth-order valence-electron chi connectivity index (χ4n) is 1.84. The van der Waals surface area contributed by atoms with Crippen LogP contribution in [0, 0.1) is 3.57 Å². The van der Waals surface area contributed by atoms with Crippen LogP contribution in [0.4, 0.5) is 0 Å². The second-order valence-electron chi connectivity index (χ2n) is 4.50. The Balaban J connectivity index is 1.94. The van der Waals surface area contributed by atoms with Crippen LogP contribution in [0.1, 0.15) is 15.9 Å². The molecule has 118 valence electrons. The van der Waals surface area contributed by atoms with E-state index in [1.807, 2.05) is 30.3 Å². The third kappa shape index (κ3) is 4.82. The zero-order valence-corrected chi connectivity index (χ0v) is 14.5. The molecule has 0 aromatic heterocycles. The van der Waals surface area contributed by atoms with Crippen LogP contribution in [0.5, 0.6) is 5.75 Å². The van der Waals surface area contributed by atoms with E-state index in [1.165, 1.54) is 6.08 Å². The van der Waals surface area contributed by atoms with Crippen LogP contribution < -0.4 is 15.6 Å². The molecule has 0 unspecified atom stereocenters. The van der Waals surface area contributed by atoms with Gasteiger partial charge in [-0.25, -0.2) is 0 Å². The Morgan fingerprint density at radius 1 is 1.04 bits per heavy atom. The number of para-hydroxylation sites is 1. The Labute approximate surface area is 147 Å². The van der Waals surface area contributed by atoms with Gasteiger partial charge in [-0.15, -0.1) is 0 Å². The highest BCUT2D eigenvalue weighted by molar-refractivity contribution is 14.1. The molecule has 0 spiro atoms. The second-order valence-corrected chi connectivity index (χ2v) is 5.66. The quantitative estimate of drug-likeness (QED) is 0.453. The molecule has 5 nitrogen and oxygen atoms in total. The number of ether oxygens (including phenoxy) is 1. The van der Waals surface area contributed by atoms with Gasteiger partial charge >= 0.3 is 0 Å². The van der Waals surface area contributed by atoms with Gasteiger partial charge in [0.05, 0.1) is 12.7 Å². The fourth-order valence-corrected chi connectivity index (χ4v) is 2.47. The van der Waals surface area contributed by atoms with E-state index in [2.05, 4.69) is 33.4 Å². The number of carbonyl (C=O) groups is 2. The number of hydrazine groups is 1. The number of hydrogen-bond acceptors (Lipinski definition) is 3. The molecule has 0 atom stereocenters. The summed E-state index contributed by atoms with van der Waals surface area (Å²) in [6.07, 6.45) is 2.95. The highest BCUT2D eigenvalue weighted by Gasteiger charge is 2.09. The number of amides is 2. The molecule has 6 heteroatoms. The van der Waals surface area contributed by atoms with Gasteiger partial charge in [-0.05, 0) is 46.9 Å². The maximum atomic E-state index is 12.0. The average Bonchev–Trinajstić information content (AvgIpc) is 2.58. The number of rotatable bonds is 4. The van der Waals surface area contributed by atoms with Crippen molar-refractivity contribution in [2.24, 2.45) is 0 Å². The molecule has 2 N–H and O–H groups in total. The third-order valence-electron chi connectivity index (χ3n) is 2.97. The summed E-state index contributed by atoms with van der Waals surface area (Å²) in [6, 6.07) is 14.4. The van der Waals surface area contributed by atoms with Gasteiger partial charge in [0, 0.05) is 15.2 Å². The monoisotopic (exact) mass is 422 g/mol. The summed E-state index contributed by atoms with van der Waals surface area (Å²) in [5.41, 5.74) is 6.00. The minimum absolute atomic E-state index is 0.367.